The zero-order valence-corrected chi connectivity index (χ0v) is 12.5. The van der Waals surface area contributed by atoms with Crippen molar-refractivity contribution in [1.82, 2.24) is 9.97 Å². The van der Waals surface area contributed by atoms with Gasteiger partial charge in [-0.2, -0.15) is 0 Å². The van der Waals surface area contributed by atoms with Gasteiger partial charge in [-0.15, -0.1) is 0 Å². The molecule has 0 spiro atoms. The summed E-state index contributed by atoms with van der Waals surface area (Å²) < 4.78 is 0. The third-order valence-electron chi connectivity index (χ3n) is 3.76. The van der Waals surface area contributed by atoms with E-state index in [1.807, 2.05) is 6.07 Å². The average Bonchev–Trinajstić information content (AvgIpc) is 3.34. The minimum Gasteiger partial charge on any atom is -0.326 e. The van der Waals surface area contributed by atoms with Crippen molar-refractivity contribution in [3.63, 3.8) is 0 Å². The molecule has 0 aliphatic heterocycles. The Bertz CT molecular complexity index is 619. The third-order valence-corrected chi connectivity index (χ3v) is 3.76. The summed E-state index contributed by atoms with van der Waals surface area (Å²) in [5.41, 5.74) is 5.03. The highest BCUT2D eigenvalue weighted by Gasteiger charge is 2.28. The largest absolute Gasteiger partial charge is 0.326 e. The fourth-order valence-corrected chi connectivity index (χ4v) is 2.39. The highest BCUT2D eigenvalue weighted by Crippen LogP contribution is 2.39. The predicted molar refractivity (Wildman–Crippen MR) is 85.7 cm³/mol. The van der Waals surface area contributed by atoms with Crippen LogP contribution in [0.1, 0.15) is 37.1 Å². The second kappa shape index (κ2) is 5.69. The number of aromatic nitrogens is 2. The van der Waals surface area contributed by atoms with Gasteiger partial charge in [-0.3, -0.25) is 0 Å². The molecule has 3 N–H and O–H groups in total. The Labute approximate surface area is 125 Å². The van der Waals surface area contributed by atoms with Gasteiger partial charge in [0.15, 0.2) is 0 Å². The second-order valence-electron chi connectivity index (χ2n) is 5.47. The molecular weight excluding hydrogens is 262 g/mol. The molecule has 110 valence electrons. The van der Waals surface area contributed by atoms with Crippen LogP contribution in [0.5, 0.6) is 0 Å². The first-order chi connectivity index (χ1) is 10.2. The Morgan fingerprint density at radius 1 is 1.24 bits per heavy atom. The number of aryl methyl sites for hydroxylation is 1. The van der Waals surface area contributed by atoms with E-state index in [9.17, 15) is 0 Å². The molecule has 0 atom stereocenters. The molecule has 0 amide bonds. The van der Waals surface area contributed by atoms with E-state index in [1.165, 1.54) is 18.4 Å². The van der Waals surface area contributed by atoms with Crippen LogP contribution in [0.15, 0.2) is 30.3 Å². The number of nitrogens with two attached hydrogens (primary N) is 1. The topological polar surface area (TPSA) is 67.1 Å². The van der Waals surface area contributed by atoms with Crippen LogP contribution in [0.4, 0.5) is 17.3 Å². The van der Waals surface area contributed by atoms with Crippen molar-refractivity contribution in [1.29, 1.82) is 0 Å². The number of benzene rings is 1. The van der Waals surface area contributed by atoms with E-state index in [0.717, 1.165) is 23.9 Å². The summed E-state index contributed by atoms with van der Waals surface area (Å²) in [7, 11) is 0. The molecule has 0 saturated heterocycles. The number of rotatable bonds is 5. The lowest BCUT2D eigenvalue weighted by Gasteiger charge is -2.23. The van der Waals surface area contributed by atoms with Crippen LogP contribution < -0.4 is 16.2 Å². The molecule has 1 aromatic carbocycles. The summed E-state index contributed by atoms with van der Waals surface area (Å²) in [5, 5.41) is 0. The predicted octanol–water partition coefficient (Wildman–Crippen LogP) is 3.11. The van der Waals surface area contributed by atoms with Gasteiger partial charge in [0.05, 0.1) is 0 Å². The van der Waals surface area contributed by atoms with Crippen molar-refractivity contribution < 1.29 is 0 Å². The molecular formula is C16H21N5. The Morgan fingerprint density at radius 3 is 2.52 bits per heavy atom. The molecule has 1 heterocycles. The summed E-state index contributed by atoms with van der Waals surface area (Å²) in [6.45, 7) is 5.05. The van der Waals surface area contributed by atoms with Crippen molar-refractivity contribution in [3.8, 4) is 0 Å². The molecule has 1 aliphatic rings. The first-order valence-corrected chi connectivity index (χ1v) is 7.41. The maximum Gasteiger partial charge on any atom is 0.145 e. The summed E-state index contributed by atoms with van der Waals surface area (Å²) in [6, 6.07) is 10.4. The van der Waals surface area contributed by atoms with Gasteiger partial charge in [0.1, 0.15) is 17.5 Å². The number of nitrogens with zero attached hydrogens (tertiary/aromatic N) is 3. The SMILES string of the molecule is CCN(c1ccc(C)cc1)c1cc(NN)nc(C2CC2)n1. The molecule has 2 aromatic rings. The summed E-state index contributed by atoms with van der Waals surface area (Å²) >= 11 is 0. The fourth-order valence-electron chi connectivity index (χ4n) is 2.39. The lowest BCUT2D eigenvalue weighted by Crippen LogP contribution is -2.19. The number of hydrogen-bond acceptors (Lipinski definition) is 5. The van der Waals surface area contributed by atoms with Gasteiger partial charge in [0, 0.05) is 24.2 Å². The molecule has 5 heteroatoms. The van der Waals surface area contributed by atoms with E-state index in [2.05, 4.69) is 53.4 Å². The normalized spacial score (nSPS) is 14.0. The number of anilines is 3. The minimum absolute atomic E-state index is 0.494. The Balaban J connectivity index is 1.99. The molecule has 0 radical (unpaired) electrons. The van der Waals surface area contributed by atoms with Crippen molar-refractivity contribution in [3.05, 3.63) is 41.7 Å². The summed E-state index contributed by atoms with van der Waals surface area (Å²) in [4.78, 5) is 11.4. The highest BCUT2D eigenvalue weighted by molar-refractivity contribution is 5.62. The van der Waals surface area contributed by atoms with Gasteiger partial charge in [-0.25, -0.2) is 15.8 Å². The lowest BCUT2D eigenvalue weighted by molar-refractivity contribution is 0.894. The van der Waals surface area contributed by atoms with E-state index >= 15 is 0 Å². The van der Waals surface area contributed by atoms with Crippen LogP contribution in [0.25, 0.3) is 0 Å². The molecule has 21 heavy (non-hydrogen) atoms. The van der Waals surface area contributed by atoms with Crippen LogP contribution in [0.2, 0.25) is 0 Å². The minimum atomic E-state index is 0.494. The van der Waals surface area contributed by atoms with Crippen molar-refractivity contribution in [2.45, 2.75) is 32.6 Å². The number of hydrogen-bond donors (Lipinski definition) is 2. The maximum absolute atomic E-state index is 5.55. The number of hydrazine groups is 1. The summed E-state index contributed by atoms with van der Waals surface area (Å²) in [6.07, 6.45) is 2.34. The van der Waals surface area contributed by atoms with E-state index in [4.69, 9.17) is 10.8 Å². The van der Waals surface area contributed by atoms with E-state index < -0.39 is 0 Å². The van der Waals surface area contributed by atoms with Gasteiger partial charge >= 0.3 is 0 Å². The van der Waals surface area contributed by atoms with Crippen molar-refractivity contribution >= 4 is 17.3 Å². The van der Waals surface area contributed by atoms with E-state index in [1.54, 1.807) is 0 Å². The van der Waals surface area contributed by atoms with Gasteiger partial charge in [-0.1, -0.05) is 17.7 Å². The smallest absolute Gasteiger partial charge is 0.145 e. The number of nitrogens with one attached hydrogen (secondary N) is 1. The van der Waals surface area contributed by atoms with Crippen LogP contribution in [-0.2, 0) is 0 Å². The molecule has 1 fully saturated rings. The molecule has 1 saturated carbocycles. The molecule has 0 unspecified atom stereocenters. The third kappa shape index (κ3) is 2.97. The molecule has 0 bridgehead atoms. The first kappa shape index (κ1) is 13.8. The zero-order valence-electron chi connectivity index (χ0n) is 12.5. The molecule has 3 rings (SSSR count). The lowest BCUT2D eigenvalue weighted by atomic mass is 10.2. The van der Waals surface area contributed by atoms with Crippen LogP contribution in [0.3, 0.4) is 0 Å². The fraction of sp³-hybridized carbons (Fsp3) is 0.375. The molecule has 5 nitrogen and oxygen atoms in total. The average molecular weight is 283 g/mol. The van der Waals surface area contributed by atoms with Gasteiger partial charge in [0.25, 0.3) is 0 Å². The molecule has 1 aliphatic carbocycles. The van der Waals surface area contributed by atoms with Crippen LogP contribution in [-0.4, -0.2) is 16.5 Å². The van der Waals surface area contributed by atoms with E-state index in [-0.39, 0.29) is 0 Å². The van der Waals surface area contributed by atoms with Crippen molar-refractivity contribution in [2.24, 2.45) is 5.84 Å². The monoisotopic (exact) mass is 283 g/mol. The van der Waals surface area contributed by atoms with E-state index in [0.29, 0.717) is 11.7 Å². The van der Waals surface area contributed by atoms with Gasteiger partial charge in [-0.05, 0) is 38.8 Å². The van der Waals surface area contributed by atoms with Crippen LogP contribution in [0, 0.1) is 6.92 Å². The van der Waals surface area contributed by atoms with Crippen LogP contribution >= 0.6 is 0 Å². The maximum atomic E-state index is 5.55. The first-order valence-electron chi connectivity index (χ1n) is 7.41. The highest BCUT2D eigenvalue weighted by atomic mass is 15.3. The second-order valence-corrected chi connectivity index (χ2v) is 5.47. The quantitative estimate of drug-likeness (QED) is 0.652. The zero-order chi connectivity index (χ0) is 14.8. The Morgan fingerprint density at radius 2 is 1.95 bits per heavy atom. The Hall–Kier alpha value is -2.14. The molecule has 1 aromatic heterocycles. The van der Waals surface area contributed by atoms with Gasteiger partial charge < -0.3 is 10.3 Å². The van der Waals surface area contributed by atoms with Gasteiger partial charge in [0.2, 0.25) is 0 Å². The Kier molecular flexibility index (Phi) is 3.75. The summed E-state index contributed by atoms with van der Waals surface area (Å²) in [5.74, 6) is 8.51. The number of nitrogen functional groups attached to an aromatic ring is 1. The standard InChI is InChI=1S/C16H21N5/c1-3-21(13-8-4-11(2)5-9-13)15-10-14(20-17)18-16(19-15)12-6-7-12/h4-5,8-10,12H,3,6-7,17H2,1-2H3,(H,18,19,20). The van der Waals surface area contributed by atoms with Crippen molar-refractivity contribution in [2.75, 3.05) is 16.9 Å².